The van der Waals surface area contributed by atoms with Gasteiger partial charge in [0.15, 0.2) is 0 Å². The molecular weight excluding hydrogens is 348 g/mol. The summed E-state index contributed by atoms with van der Waals surface area (Å²) in [6.45, 7) is 4.08. The quantitative estimate of drug-likeness (QED) is 0.715. The maximum atomic E-state index is 13.9. The molecule has 3 nitrogen and oxygen atoms in total. The summed E-state index contributed by atoms with van der Waals surface area (Å²) in [5.74, 6) is -1.19. The zero-order valence-electron chi connectivity index (χ0n) is 13.8. The van der Waals surface area contributed by atoms with Gasteiger partial charge in [-0.15, -0.1) is 0 Å². The number of hydrogen-bond donors (Lipinski definition) is 1. The van der Waals surface area contributed by atoms with Crippen LogP contribution in [-0.2, 0) is 6.54 Å². The van der Waals surface area contributed by atoms with Crippen molar-refractivity contribution in [2.45, 2.75) is 26.4 Å². The molecule has 130 valence electrons. The molecule has 0 unspecified atom stereocenters. The van der Waals surface area contributed by atoms with Crippen LogP contribution in [0.1, 0.15) is 29.7 Å². The number of rotatable bonds is 4. The van der Waals surface area contributed by atoms with Gasteiger partial charge in [0.05, 0.1) is 0 Å². The average molecular weight is 365 g/mol. The lowest BCUT2D eigenvalue weighted by Gasteiger charge is -2.13. The molecule has 0 saturated heterocycles. The van der Waals surface area contributed by atoms with Crippen molar-refractivity contribution in [3.8, 4) is 0 Å². The van der Waals surface area contributed by atoms with Crippen LogP contribution in [-0.4, -0.2) is 0 Å². The summed E-state index contributed by atoms with van der Waals surface area (Å²) in [6.07, 6.45) is 0. The fourth-order valence-corrected chi connectivity index (χ4v) is 2.98. The minimum Gasteiger partial charge on any atom is -0.423 e. The first kappa shape index (κ1) is 17.6. The van der Waals surface area contributed by atoms with Crippen LogP contribution in [0.25, 0.3) is 11.0 Å². The standard InChI is InChI=1S/C19H16ClF2NO2/c1-10-5-18-15(8-16(10)20)12(6-19(24)25-18)9-23-11(2)14-4-3-13(21)7-17(14)22/h3-8,11,23H,9H2,1-2H3/p+1/t11-/m0/s1. The molecule has 2 N–H and O–H groups in total. The summed E-state index contributed by atoms with van der Waals surface area (Å²) in [5, 5.41) is 3.21. The first-order valence-corrected chi connectivity index (χ1v) is 8.24. The Morgan fingerprint density at radius 3 is 2.68 bits per heavy atom. The molecule has 0 fully saturated rings. The molecule has 1 heterocycles. The van der Waals surface area contributed by atoms with Gasteiger partial charge in [0.2, 0.25) is 0 Å². The maximum Gasteiger partial charge on any atom is 0.336 e. The number of aryl methyl sites for hydroxylation is 1. The Morgan fingerprint density at radius 2 is 1.96 bits per heavy atom. The van der Waals surface area contributed by atoms with Crippen LogP contribution < -0.4 is 10.9 Å². The van der Waals surface area contributed by atoms with E-state index in [2.05, 4.69) is 0 Å². The van der Waals surface area contributed by atoms with Gasteiger partial charge in [-0.1, -0.05) is 11.6 Å². The highest BCUT2D eigenvalue weighted by atomic mass is 35.5. The topological polar surface area (TPSA) is 46.8 Å². The van der Waals surface area contributed by atoms with Crippen LogP contribution in [0.4, 0.5) is 8.78 Å². The van der Waals surface area contributed by atoms with E-state index in [1.54, 1.807) is 12.1 Å². The third kappa shape index (κ3) is 3.72. The predicted octanol–water partition coefficient (Wildman–Crippen LogP) is 3.86. The Hall–Kier alpha value is -2.24. The van der Waals surface area contributed by atoms with Gasteiger partial charge in [0, 0.05) is 33.7 Å². The molecule has 0 spiro atoms. The molecule has 0 bridgehead atoms. The molecule has 0 amide bonds. The summed E-state index contributed by atoms with van der Waals surface area (Å²) in [6, 6.07) is 8.20. The summed E-state index contributed by atoms with van der Waals surface area (Å²) >= 11 is 6.18. The smallest absolute Gasteiger partial charge is 0.336 e. The van der Waals surface area contributed by atoms with Gasteiger partial charge >= 0.3 is 5.63 Å². The summed E-state index contributed by atoms with van der Waals surface area (Å²) < 4.78 is 32.2. The minimum absolute atomic E-state index is 0.246. The van der Waals surface area contributed by atoms with E-state index >= 15 is 0 Å². The van der Waals surface area contributed by atoms with Gasteiger partial charge in [0.25, 0.3) is 0 Å². The second-order valence-corrected chi connectivity index (χ2v) is 6.49. The lowest BCUT2D eigenvalue weighted by Crippen LogP contribution is -2.83. The average Bonchev–Trinajstić information content (AvgIpc) is 2.54. The molecule has 0 aliphatic heterocycles. The lowest BCUT2D eigenvalue weighted by molar-refractivity contribution is -0.708. The van der Waals surface area contributed by atoms with E-state index in [9.17, 15) is 13.6 Å². The number of benzene rings is 2. The molecule has 2 aromatic carbocycles. The largest absolute Gasteiger partial charge is 0.423 e. The molecular formula is C19H17ClF2NO2+. The number of quaternary nitrogens is 1. The van der Waals surface area contributed by atoms with Crippen LogP contribution in [0.3, 0.4) is 0 Å². The van der Waals surface area contributed by atoms with Crippen LogP contribution in [0.2, 0.25) is 5.02 Å². The first-order valence-electron chi connectivity index (χ1n) is 7.86. The van der Waals surface area contributed by atoms with Crippen molar-refractivity contribution in [1.82, 2.24) is 0 Å². The van der Waals surface area contributed by atoms with Gasteiger partial charge < -0.3 is 9.73 Å². The molecule has 6 heteroatoms. The van der Waals surface area contributed by atoms with E-state index in [-0.39, 0.29) is 6.04 Å². The van der Waals surface area contributed by atoms with Gasteiger partial charge in [-0.3, -0.25) is 0 Å². The fourth-order valence-electron chi connectivity index (χ4n) is 2.82. The van der Waals surface area contributed by atoms with Crippen molar-refractivity contribution in [3.63, 3.8) is 0 Å². The van der Waals surface area contributed by atoms with Crippen molar-refractivity contribution < 1.29 is 18.5 Å². The van der Waals surface area contributed by atoms with Crippen molar-refractivity contribution in [2.24, 2.45) is 0 Å². The zero-order valence-corrected chi connectivity index (χ0v) is 14.5. The molecule has 1 aromatic heterocycles. The normalized spacial score (nSPS) is 12.5. The Bertz CT molecular complexity index is 1000. The second-order valence-electron chi connectivity index (χ2n) is 6.08. The highest BCUT2D eigenvalue weighted by molar-refractivity contribution is 6.32. The number of fused-ring (bicyclic) bond motifs is 1. The molecule has 0 radical (unpaired) electrons. The monoisotopic (exact) mass is 364 g/mol. The Labute approximate surface area is 148 Å². The van der Waals surface area contributed by atoms with Gasteiger partial charge in [-0.05, 0) is 43.7 Å². The number of halogens is 3. The highest BCUT2D eigenvalue weighted by Crippen LogP contribution is 2.25. The van der Waals surface area contributed by atoms with Crippen LogP contribution in [0.5, 0.6) is 0 Å². The molecule has 0 saturated carbocycles. The molecule has 3 rings (SSSR count). The van der Waals surface area contributed by atoms with E-state index in [4.69, 9.17) is 16.0 Å². The van der Waals surface area contributed by atoms with Crippen molar-refractivity contribution in [2.75, 3.05) is 0 Å². The van der Waals surface area contributed by atoms with E-state index < -0.39 is 17.3 Å². The second kappa shape index (κ2) is 6.94. The summed E-state index contributed by atoms with van der Waals surface area (Å²) in [5.41, 5.74) is 2.00. The SMILES string of the molecule is Cc1cc2oc(=O)cc(C[NH2+][C@@H](C)c3ccc(F)cc3F)c2cc1Cl. The van der Waals surface area contributed by atoms with E-state index in [1.807, 2.05) is 19.2 Å². The lowest BCUT2D eigenvalue weighted by atomic mass is 10.1. The molecule has 1 atom stereocenters. The Morgan fingerprint density at radius 1 is 1.20 bits per heavy atom. The molecule has 0 aliphatic carbocycles. The van der Waals surface area contributed by atoms with Crippen molar-refractivity contribution in [1.29, 1.82) is 0 Å². The zero-order chi connectivity index (χ0) is 18.1. The van der Waals surface area contributed by atoms with Gasteiger partial charge in [0.1, 0.15) is 29.8 Å². The summed E-state index contributed by atoms with van der Waals surface area (Å²) in [7, 11) is 0. The van der Waals surface area contributed by atoms with E-state index in [1.165, 1.54) is 18.2 Å². The van der Waals surface area contributed by atoms with Gasteiger partial charge in [-0.25, -0.2) is 13.6 Å². The first-order chi connectivity index (χ1) is 11.8. The number of nitrogens with two attached hydrogens (primary N) is 1. The van der Waals surface area contributed by atoms with Crippen molar-refractivity contribution >= 4 is 22.6 Å². The highest BCUT2D eigenvalue weighted by Gasteiger charge is 2.16. The van der Waals surface area contributed by atoms with Crippen LogP contribution in [0.15, 0.2) is 45.6 Å². The Kier molecular flexibility index (Phi) is 4.88. The molecule has 3 aromatic rings. The van der Waals surface area contributed by atoms with E-state index in [0.29, 0.717) is 22.7 Å². The Balaban J connectivity index is 1.90. The number of hydrogen-bond acceptors (Lipinski definition) is 2. The third-order valence-corrected chi connectivity index (χ3v) is 4.66. The van der Waals surface area contributed by atoms with Crippen LogP contribution in [0, 0.1) is 18.6 Å². The molecule has 25 heavy (non-hydrogen) atoms. The fraction of sp³-hybridized carbons (Fsp3) is 0.211. The minimum atomic E-state index is -0.606. The third-order valence-electron chi connectivity index (χ3n) is 4.25. The van der Waals surface area contributed by atoms with Crippen LogP contribution >= 0.6 is 11.6 Å². The van der Waals surface area contributed by atoms with E-state index in [0.717, 1.165) is 22.6 Å². The summed E-state index contributed by atoms with van der Waals surface area (Å²) in [4.78, 5) is 11.8. The van der Waals surface area contributed by atoms with Gasteiger partial charge in [-0.2, -0.15) is 0 Å². The molecule has 0 aliphatic rings. The van der Waals surface area contributed by atoms with Crippen molar-refractivity contribution in [3.05, 3.63) is 80.2 Å². The maximum absolute atomic E-state index is 13.9. The predicted molar refractivity (Wildman–Crippen MR) is 92.6 cm³/mol.